The lowest BCUT2D eigenvalue weighted by Gasteiger charge is -2.28. The molecule has 0 fully saturated rings. The van der Waals surface area contributed by atoms with E-state index in [1.54, 1.807) is 11.8 Å². The third-order valence-electron chi connectivity index (χ3n) is 3.17. The molecule has 1 atom stereocenters. The number of hydrogen-bond acceptors (Lipinski definition) is 2. The Balaban J connectivity index is 2.55. The lowest BCUT2D eigenvalue weighted by atomic mass is 9.96. The second-order valence-electron chi connectivity index (χ2n) is 5.27. The molecule has 17 heavy (non-hydrogen) atoms. The van der Waals surface area contributed by atoms with Crippen molar-refractivity contribution in [1.82, 2.24) is 4.90 Å². The standard InChI is InChI=1S/C14H25NO2/c1-11(2)15(10-12(3)16)14(17)9-13-7-5-4-6-8-13/h7,11-12,16H,4-6,8-10H2,1-3H3. The van der Waals surface area contributed by atoms with Crippen molar-refractivity contribution in [2.24, 2.45) is 0 Å². The Kier molecular flexibility index (Phi) is 5.69. The van der Waals surface area contributed by atoms with Crippen molar-refractivity contribution >= 4 is 5.91 Å². The molecule has 0 aromatic carbocycles. The van der Waals surface area contributed by atoms with Crippen molar-refractivity contribution in [2.75, 3.05) is 6.54 Å². The highest BCUT2D eigenvalue weighted by Gasteiger charge is 2.20. The quantitative estimate of drug-likeness (QED) is 0.749. The van der Waals surface area contributed by atoms with Crippen LogP contribution >= 0.6 is 0 Å². The number of aliphatic hydroxyl groups is 1. The van der Waals surface area contributed by atoms with Crippen molar-refractivity contribution in [3.05, 3.63) is 11.6 Å². The Morgan fingerprint density at radius 1 is 1.41 bits per heavy atom. The first-order chi connectivity index (χ1) is 8.00. The molecule has 0 bridgehead atoms. The zero-order valence-corrected chi connectivity index (χ0v) is 11.3. The Hall–Kier alpha value is -0.830. The molecular formula is C14H25NO2. The zero-order chi connectivity index (χ0) is 12.8. The molecule has 1 N–H and O–H groups in total. The Bertz CT molecular complexity index is 282. The summed E-state index contributed by atoms with van der Waals surface area (Å²) in [6, 6.07) is 0.154. The third kappa shape index (κ3) is 4.90. The first-order valence-corrected chi connectivity index (χ1v) is 6.66. The topological polar surface area (TPSA) is 40.5 Å². The van der Waals surface area contributed by atoms with Crippen LogP contribution in [0.25, 0.3) is 0 Å². The van der Waals surface area contributed by atoms with Gasteiger partial charge in [0.1, 0.15) is 0 Å². The summed E-state index contributed by atoms with van der Waals surface area (Å²) in [5.74, 6) is 0.147. The predicted octanol–water partition coefficient (Wildman–Crippen LogP) is 2.49. The van der Waals surface area contributed by atoms with E-state index < -0.39 is 6.10 Å². The maximum absolute atomic E-state index is 12.2. The molecule has 98 valence electrons. The summed E-state index contributed by atoms with van der Waals surface area (Å²) < 4.78 is 0. The molecule has 0 radical (unpaired) electrons. The fourth-order valence-corrected chi connectivity index (χ4v) is 2.25. The minimum absolute atomic E-state index is 0.147. The molecule has 1 unspecified atom stereocenters. The van der Waals surface area contributed by atoms with E-state index in [1.165, 1.54) is 18.4 Å². The molecule has 3 nitrogen and oxygen atoms in total. The van der Waals surface area contributed by atoms with Gasteiger partial charge in [-0.15, -0.1) is 0 Å². The number of nitrogens with zero attached hydrogens (tertiary/aromatic N) is 1. The number of allylic oxidation sites excluding steroid dienone is 1. The first kappa shape index (κ1) is 14.2. The van der Waals surface area contributed by atoms with Crippen LogP contribution in [-0.4, -0.2) is 34.6 Å². The second kappa shape index (κ2) is 6.80. The lowest BCUT2D eigenvalue weighted by Crippen LogP contribution is -2.41. The summed E-state index contributed by atoms with van der Waals surface area (Å²) in [5, 5.41) is 9.42. The van der Waals surface area contributed by atoms with E-state index in [4.69, 9.17) is 0 Å². The Morgan fingerprint density at radius 3 is 2.59 bits per heavy atom. The van der Waals surface area contributed by atoms with Crippen LogP contribution in [0, 0.1) is 0 Å². The highest BCUT2D eigenvalue weighted by Crippen LogP contribution is 2.21. The van der Waals surface area contributed by atoms with Crippen LogP contribution in [0.15, 0.2) is 11.6 Å². The fourth-order valence-electron chi connectivity index (χ4n) is 2.25. The molecule has 0 aromatic rings. The summed E-state index contributed by atoms with van der Waals surface area (Å²) in [6.07, 6.45) is 6.91. The number of amides is 1. The van der Waals surface area contributed by atoms with Crippen molar-refractivity contribution < 1.29 is 9.90 Å². The van der Waals surface area contributed by atoms with Crippen molar-refractivity contribution in [1.29, 1.82) is 0 Å². The van der Waals surface area contributed by atoms with Gasteiger partial charge in [0.2, 0.25) is 5.91 Å². The number of rotatable bonds is 5. The molecule has 3 heteroatoms. The van der Waals surface area contributed by atoms with Gasteiger partial charge in [-0.05, 0) is 46.5 Å². The average Bonchev–Trinajstić information content (AvgIpc) is 2.26. The largest absolute Gasteiger partial charge is 0.392 e. The van der Waals surface area contributed by atoms with Crippen LogP contribution in [0.3, 0.4) is 0 Å². The molecule has 1 aliphatic rings. The van der Waals surface area contributed by atoms with Crippen LogP contribution in [0.5, 0.6) is 0 Å². The van der Waals surface area contributed by atoms with Gasteiger partial charge in [-0.2, -0.15) is 0 Å². The van der Waals surface area contributed by atoms with E-state index in [1.807, 2.05) is 13.8 Å². The summed E-state index contributed by atoms with van der Waals surface area (Å²) in [5.41, 5.74) is 1.28. The minimum Gasteiger partial charge on any atom is -0.392 e. The molecule has 0 heterocycles. The third-order valence-corrected chi connectivity index (χ3v) is 3.17. The molecule has 0 saturated heterocycles. The molecule has 0 aromatic heterocycles. The Morgan fingerprint density at radius 2 is 2.12 bits per heavy atom. The minimum atomic E-state index is -0.457. The molecule has 0 saturated carbocycles. The second-order valence-corrected chi connectivity index (χ2v) is 5.27. The van der Waals surface area contributed by atoms with E-state index in [9.17, 15) is 9.90 Å². The van der Waals surface area contributed by atoms with Crippen molar-refractivity contribution in [3.63, 3.8) is 0 Å². The van der Waals surface area contributed by atoms with E-state index in [0.717, 1.165) is 12.8 Å². The molecule has 1 amide bonds. The van der Waals surface area contributed by atoms with Crippen LogP contribution < -0.4 is 0 Å². The van der Waals surface area contributed by atoms with Gasteiger partial charge in [-0.25, -0.2) is 0 Å². The van der Waals surface area contributed by atoms with Gasteiger partial charge in [0, 0.05) is 19.0 Å². The summed E-state index contributed by atoms with van der Waals surface area (Å²) >= 11 is 0. The Labute approximate surface area is 105 Å². The van der Waals surface area contributed by atoms with E-state index >= 15 is 0 Å². The normalized spacial score (nSPS) is 17.8. The van der Waals surface area contributed by atoms with Gasteiger partial charge in [-0.1, -0.05) is 11.6 Å². The van der Waals surface area contributed by atoms with Crippen LogP contribution in [-0.2, 0) is 4.79 Å². The molecular weight excluding hydrogens is 214 g/mol. The fraction of sp³-hybridized carbons (Fsp3) is 0.786. The summed E-state index contributed by atoms with van der Waals surface area (Å²) in [7, 11) is 0. The van der Waals surface area contributed by atoms with Gasteiger partial charge in [0.05, 0.1) is 6.10 Å². The SMILES string of the molecule is CC(O)CN(C(=O)CC1=CCCCC1)C(C)C. The molecule has 1 aliphatic carbocycles. The zero-order valence-electron chi connectivity index (χ0n) is 11.3. The summed E-state index contributed by atoms with van der Waals surface area (Å²) in [4.78, 5) is 13.9. The highest BCUT2D eigenvalue weighted by atomic mass is 16.3. The first-order valence-electron chi connectivity index (χ1n) is 6.66. The van der Waals surface area contributed by atoms with Crippen molar-refractivity contribution in [3.8, 4) is 0 Å². The van der Waals surface area contributed by atoms with Gasteiger partial charge in [-0.3, -0.25) is 4.79 Å². The number of carbonyl (C=O) groups excluding carboxylic acids is 1. The van der Waals surface area contributed by atoms with Crippen LogP contribution in [0.1, 0.15) is 52.9 Å². The van der Waals surface area contributed by atoms with Gasteiger partial charge < -0.3 is 10.0 Å². The average molecular weight is 239 g/mol. The maximum atomic E-state index is 12.2. The van der Waals surface area contributed by atoms with Gasteiger partial charge in [0.15, 0.2) is 0 Å². The van der Waals surface area contributed by atoms with Crippen molar-refractivity contribution in [2.45, 2.75) is 65.0 Å². The number of carbonyl (C=O) groups is 1. The lowest BCUT2D eigenvalue weighted by molar-refractivity contribution is -0.133. The predicted molar refractivity (Wildman–Crippen MR) is 69.7 cm³/mol. The van der Waals surface area contributed by atoms with E-state index in [0.29, 0.717) is 13.0 Å². The monoisotopic (exact) mass is 239 g/mol. The molecule has 0 aliphatic heterocycles. The highest BCUT2D eigenvalue weighted by molar-refractivity contribution is 5.79. The van der Waals surface area contributed by atoms with Gasteiger partial charge >= 0.3 is 0 Å². The van der Waals surface area contributed by atoms with Crippen LogP contribution in [0.2, 0.25) is 0 Å². The number of aliphatic hydroxyl groups excluding tert-OH is 1. The molecule has 1 rings (SSSR count). The van der Waals surface area contributed by atoms with E-state index in [-0.39, 0.29) is 11.9 Å². The van der Waals surface area contributed by atoms with E-state index in [2.05, 4.69) is 6.08 Å². The maximum Gasteiger partial charge on any atom is 0.226 e. The van der Waals surface area contributed by atoms with Gasteiger partial charge in [0.25, 0.3) is 0 Å². The number of hydrogen-bond donors (Lipinski definition) is 1. The van der Waals surface area contributed by atoms with Crippen LogP contribution in [0.4, 0.5) is 0 Å². The molecule has 0 spiro atoms. The smallest absolute Gasteiger partial charge is 0.226 e. The summed E-state index contributed by atoms with van der Waals surface area (Å²) in [6.45, 7) is 6.15.